The van der Waals surface area contributed by atoms with Crippen LogP contribution in [0.4, 0.5) is 0 Å². The lowest BCUT2D eigenvalue weighted by Gasteiger charge is -2.32. The summed E-state index contributed by atoms with van der Waals surface area (Å²) in [6.45, 7) is 3.94. The largest absolute Gasteiger partial charge is 0.480 e. The first kappa shape index (κ1) is 15.1. The second-order valence-corrected chi connectivity index (χ2v) is 6.68. The van der Waals surface area contributed by atoms with Crippen LogP contribution in [0.25, 0.3) is 0 Å². The van der Waals surface area contributed by atoms with Crippen LogP contribution in [-0.4, -0.2) is 39.1 Å². The highest BCUT2D eigenvalue weighted by Crippen LogP contribution is 2.40. The summed E-state index contributed by atoms with van der Waals surface area (Å²) in [6.07, 6.45) is 4.61. The molecule has 1 saturated heterocycles. The average molecular weight is 306 g/mol. The normalized spacial score (nSPS) is 28.0. The molecule has 3 atom stereocenters. The van der Waals surface area contributed by atoms with E-state index in [0.717, 1.165) is 31.4 Å². The summed E-state index contributed by atoms with van der Waals surface area (Å²) < 4.78 is 5.17. The van der Waals surface area contributed by atoms with Gasteiger partial charge < -0.3 is 14.5 Å². The van der Waals surface area contributed by atoms with Crippen molar-refractivity contribution in [1.29, 1.82) is 0 Å². The van der Waals surface area contributed by atoms with Crippen molar-refractivity contribution in [2.75, 3.05) is 0 Å². The van der Waals surface area contributed by atoms with E-state index >= 15 is 0 Å². The van der Waals surface area contributed by atoms with Gasteiger partial charge in [0.1, 0.15) is 6.04 Å². The first-order chi connectivity index (χ1) is 10.5. The molecule has 2 heterocycles. The molecule has 1 saturated carbocycles. The standard InChI is InChI=1S/C16H22N2O4/c1-9(2)11-8-14(22-17-11)15(19)18-12-6-4-3-5-10(12)7-13(18)16(20)21/h8-10,12-13H,3-7H2,1-2H3,(H,20,21). The van der Waals surface area contributed by atoms with Gasteiger partial charge in [-0.1, -0.05) is 31.8 Å². The van der Waals surface area contributed by atoms with Gasteiger partial charge in [-0.05, 0) is 31.1 Å². The number of carbonyl (C=O) groups excluding carboxylic acids is 1. The number of amides is 1. The third kappa shape index (κ3) is 2.51. The van der Waals surface area contributed by atoms with E-state index in [0.29, 0.717) is 12.3 Å². The van der Waals surface area contributed by atoms with Gasteiger partial charge in [0.15, 0.2) is 0 Å². The number of carboxylic acids is 1. The molecule has 3 unspecified atom stereocenters. The van der Waals surface area contributed by atoms with Crippen LogP contribution in [0.5, 0.6) is 0 Å². The Morgan fingerprint density at radius 2 is 2.09 bits per heavy atom. The molecule has 22 heavy (non-hydrogen) atoms. The molecule has 1 aromatic rings. The van der Waals surface area contributed by atoms with E-state index in [1.807, 2.05) is 13.8 Å². The quantitative estimate of drug-likeness (QED) is 0.928. The fraction of sp³-hybridized carbons (Fsp3) is 0.688. The van der Waals surface area contributed by atoms with Crippen molar-refractivity contribution in [3.63, 3.8) is 0 Å². The molecule has 1 aromatic heterocycles. The van der Waals surface area contributed by atoms with E-state index in [9.17, 15) is 14.7 Å². The summed E-state index contributed by atoms with van der Waals surface area (Å²) in [5.41, 5.74) is 0.717. The summed E-state index contributed by atoms with van der Waals surface area (Å²) in [7, 11) is 0. The Bertz CT molecular complexity index is 580. The predicted octanol–water partition coefficient (Wildman–Crippen LogP) is 2.66. The number of hydrogen-bond acceptors (Lipinski definition) is 4. The lowest BCUT2D eigenvalue weighted by atomic mass is 9.84. The number of aliphatic carboxylic acids is 1. The zero-order valence-electron chi connectivity index (χ0n) is 13.0. The van der Waals surface area contributed by atoms with Gasteiger partial charge >= 0.3 is 5.97 Å². The number of likely N-dealkylation sites (tertiary alicyclic amines) is 1. The zero-order valence-corrected chi connectivity index (χ0v) is 13.0. The van der Waals surface area contributed by atoms with Crippen molar-refractivity contribution in [1.82, 2.24) is 10.1 Å². The van der Waals surface area contributed by atoms with Crippen LogP contribution in [-0.2, 0) is 4.79 Å². The minimum absolute atomic E-state index is 0.0231. The number of carboxylic acid groups (broad SMARTS) is 1. The molecular formula is C16H22N2O4. The molecule has 0 spiro atoms. The van der Waals surface area contributed by atoms with Crippen molar-refractivity contribution < 1.29 is 19.2 Å². The summed E-state index contributed by atoms with van der Waals surface area (Å²) >= 11 is 0. The third-order valence-electron chi connectivity index (χ3n) is 4.94. The van der Waals surface area contributed by atoms with Gasteiger partial charge in [0.2, 0.25) is 5.76 Å². The van der Waals surface area contributed by atoms with Crippen molar-refractivity contribution in [3.8, 4) is 0 Å². The molecule has 1 aliphatic heterocycles. The van der Waals surface area contributed by atoms with Crippen LogP contribution < -0.4 is 0 Å². The molecule has 1 amide bonds. The van der Waals surface area contributed by atoms with Crippen molar-refractivity contribution >= 4 is 11.9 Å². The van der Waals surface area contributed by atoms with Crippen LogP contribution >= 0.6 is 0 Å². The Kier molecular flexibility index (Phi) is 3.93. The van der Waals surface area contributed by atoms with Crippen LogP contribution in [0.3, 0.4) is 0 Å². The Morgan fingerprint density at radius 1 is 1.36 bits per heavy atom. The van der Waals surface area contributed by atoms with E-state index in [1.165, 1.54) is 4.90 Å². The number of fused-ring (bicyclic) bond motifs is 1. The maximum absolute atomic E-state index is 12.8. The number of hydrogen-bond donors (Lipinski definition) is 1. The molecule has 0 bridgehead atoms. The van der Waals surface area contributed by atoms with E-state index < -0.39 is 12.0 Å². The first-order valence-corrected chi connectivity index (χ1v) is 8.01. The molecule has 1 aliphatic carbocycles. The number of nitrogens with zero attached hydrogens (tertiary/aromatic N) is 2. The second-order valence-electron chi connectivity index (χ2n) is 6.68. The van der Waals surface area contributed by atoms with Gasteiger partial charge in [-0.15, -0.1) is 0 Å². The van der Waals surface area contributed by atoms with Crippen LogP contribution in [0.1, 0.15) is 68.1 Å². The van der Waals surface area contributed by atoms with E-state index in [1.54, 1.807) is 6.07 Å². The predicted molar refractivity (Wildman–Crippen MR) is 78.5 cm³/mol. The SMILES string of the molecule is CC(C)c1cc(C(=O)N2C(C(=O)O)CC3CCCCC32)on1. The van der Waals surface area contributed by atoms with E-state index in [4.69, 9.17) is 4.52 Å². The molecule has 0 radical (unpaired) electrons. The highest BCUT2D eigenvalue weighted by Gasteiger charge is 2.48. The van der Waals surface area contributed by atoms with Gasteiger partial charge in [0, 0.05) is 12.1 Å². The molecular weight excluding hydrogens is 284 g/mol. The molecule has 6 nitrogen and oxygen atoms in total. The van der Waals surface area contributed by atoms with Crippen molar-refractivity contribution in [3.05, 3.63) is 17.5 Å². The molecule has 6 heteroatoms. The fourth-order valence-electron chi connectivity index (χ4n) is 3.76. The number of aromatic nitrogens is 1. The van der Waals surface area contributed by atoms with E-state index in [-0.39, 0.29) is 23.6 Å². The lowest BCUT2D eigenvalue weighted by molar-refractivity contribution is -0.141. The topological polar surface area (TPSA) is 83.6 Å². The lowest BCUT2D eigenvalue weighted by Crippen LogP contribution is -2.46. The smallest absolute Gasteiger partial charge is 0.326 e. The van der Waals surface area contributed by atoms with Crippen molar-refractivity contribution in [2.24, 2.45) is 5.92 Å². The zero-order chi connectivity index (χ0) is 15.9. The summed E-state index contributed by atoms with van der Waals surface area (Å²) in [6, 6.07) is 0.922. The second kappa shape index (κ2) is 5.74. The summed E-state index contributed by atoms with van der Waals surface area (Å²) in [5, 5.41) is 13.4. The Hall–Kier alpha value is -1.85. The highest BCUT2D eigenvalue weighted by atomic mass is 16.5. The third-order valence-corrected chi connectivity index (χ3v) is 4.94. The molecule has 0 aromatic carbocycles. The maximum atomic E-state index is 12.8. The average Bonchev–Trinajstić information content (AvgIpc) is 3.11. The van der Waals surface area contributed by atoms with Gasteiger partial charge in [-0.2, -0.15) is 0 Å². The van der Waals surface area contributed by atoms with Crippen molar-refractivity contribution in [2.45, 2.75) is 64.0 Å². The molecule has 1 N–H and O–H groups in total. The minimum Gasteiger partial charge on any atom is -0.480 e. The molecule has 120 valence electrons. The monoisotopic (exact) mass is 306 g/mol. The number of rotatable bonds is 3. The maximum Gasteiger partial charge on any atom is 0.326 e. The minimum atomic E-state index is -0.925. The highest BCUT2D eigenvalue weighted by molar-refractivity contribution is 5.95. The Balaban J connectivity index is 1.88. The van der Waals surface area contributed by atoms with E-state index in [2.05, 4.69) is 5.16 Å². The van der Waals surface area contributed by atoms with Gasteiger partial charge in [0.05, 0.1) is 5.69 Å². The molecule has 2 fully saturated rings. The summed E-state index contributed by atoms with van der Waals surface area (Å²) in [5.74, 6) is -0.637. The Morgan fingerprint density at radius 3 is 2.73 bits per heavy atom. The van der Waals surface area contributed by atoms with Crippen LogP contribution in [0.2, 0.25) is 0 Å². The fourth-order valence-corrected chi connectivity index (χ4v) is 3.76. The van der Waals surface area contributed by atoms with Gasteiger partial charge in [-0.25, -0.2) is 4.79 Å². The van der Waals surface area contributed by atoms with Gasteiger partial charge in [-0.3, -0.25) is 4.79 Å². The Labute approximate surface area is 129 Å². The number of carbonyl (C=O) groups is 2. The van der Waals surface area contributed by atoms with Crippen LogP contribution in [0.15, 0.2) is 10.6 Å². The van der Waals surface area contributed by atoms with Gasteiger partial charge in [0.25, 0.3) is 5.91 Å². The molecule has 3 rings (SSSR count). The summed E-state index contributed by atoms with van der Waals surface area (Å²) in [4.78, 5) is 25.9. The molecule has 2 aliphatic rings. The van der Waals surface area contributed by atoms with Crippen LogP contribution in [0, 0.1) is 5.92 Å². The first-order valence-electron chi connectivity index (χ1n) is 8.01.